The number of pyridine rings is 1. The van der Waals surface area contributed by atoms with E-state index in [0.717, 1.165) is 67.1 Å². The number of likely N-dealkylation sites (tertiary alicyclic amines) is 1. The van der Waals surface area contributed by atoms with Gasteiger partial charge in [0.2, 0.25) is 0 Å². The Hall–Kier alpha value is -2.79. The minimum absolute atomic E-state index is 0.723. The minimum atomic E-state index is 0.723. The number of rotatable bonds is 5. The lowest BCUT2D eigenvalue weighted by atomic mass is 9.88. The Morgan fingerprint density at radius 2 is 1.60 bits per heavy atom. The topological polar surface area (TPSA) is 28.2 Å². The summed E-state index contributed by atoms with van der Waals surface area (Å²) in [5.41, 5.74) is 7.99. The molecule has 1 saturated heterocycles. The Morgan fingerprint density at radius 1 is 0.886 bits per heavy atom. The van der Waals surface area contributed by atoms with Crippen LogP contribution in [0, 0.1) is 0 Å². The molecule has 0 radical (unpaired) electrons. The molecule has 3 aromatic carbocycles. The van der Waals surface area contributed by atoms with E-state index < -0.39 is 0 Å². The van der Waals surface area contributed by atoms with Crippen molar-refractivity contribution in [2.45, 2.75) is 29.1 Å². The number of nitrogens with zero attached hydrogens (tertiary/aromatic N) is 2. The molecule has 0 unspecified atom stereocenters. The summed E-state index contributed by atoms with van der Waals surface area (Å²) < 4.78 is 0. The number of fused-ring (bicyclic) bond motifs is 3. The van der Waals surface area contributed by atoms with E-state index in [-0.39, 0.29) is 0 Å². The van der Waals surface area contributed by atoms with Gasteiger partial charge in [0.15, 0.2) is 0 Å². The molecule has 176 valence electrons. The zero-order valence-electron chi connectivity index (χ0n) is 19.6. The number of benzene rings is 3. The van der Waals surface area contributed by atoms with Gasteiger partial charge in [0.25, 0.3) is 0 Å². The molecule has 5 heteroatoms. The van der Waals surface area contributed by atoms with Crippen molar-refractivity contribution in [3.05, 3.63) is 101 Å². The molecule has 35 heavy (non-hydrogen) atoms. The van der Waals surface area contributed by atoms with E-state index in [0.29, 0.717) is 0 Å². The number of anilines is 1. The number of halogens is 1. The summed E-state index contributed by atoms with van der Waals surface area (Å²) >= 11 is 8.03. The van der Waals surface area contributed by atoms with Gasteiger partial charge in [-0.1, -0.05) is 65.3 Å². The Bertz CT molecular complexity index is 1360. The number of aromatic nitrogens is 1. The molecule has 1 fully saturated rings. The van der Waals surface area contributed by atoms with E-state index in [1.165, 1.54) is 26.5 Å². The van der Waals surface area contributed by atoms with Gasteiger partial charge in [0.05, 0.1) is 5.52 Å². The SMILES string of the molecule is Clc1ccc2c(NCCCN3CCC(=C4c5ccccc5Sc5ccccc54)CC3)ccnc2c1. The van der Waals surface area contributed by atoms with Crippen LogP contribution in [0.25, 0.3) is 16.5 Å². The molecule has 3 heterocycles. The molecule has 0 atom stereocenters. The van der Waals surface area contributed by atoms with Crippen LogP contribution in [0.15, 0.2) is 94.4 Å². The molecule has 1 aromatic heterocycles. The first-order valence-electron chi connectivity index (χ1n) is 12.4. The second-order valence-electron chi connectivity index (χ2n) is 9.21. The van der Waals surface area contributed by atoms with Crippen LogP contribution in [0.2, 0.25) is 5.02 Å². The lowest BCUT2D eigenvalue weighted by Gasteiger charge is -2.32. The average molecular weight is 498 g/mol. The third-order valence-corrected chi connectivity index (χ3v) is 8.40. The van der Waals surface area contributed by atoms with Gasteiger partial charge in [-0.15, -0.1) is 0 Å². The van der Waals surface area contributed by atoms with Crippen LogP contribution in [-0.4, -0.2) is 36.1 Å². The summed E-state index contributed by atoms with van der Waals surface area (Å²) in [6, 6.07) is 25.7. The zero-order chi connectivity index (χ0) is 23.6. The minimum Gasteiger partial charge on any atom is -0.384 e. The van der Waals surface area contributed by atoms with Gasteiger partial charge < -0.3 is 10.2 Å². The molecule has 0 saturated carbocycles. The first kappa shape index (κ1) is 22.7. The second-order valence-corrected chi connectivity index (χ2v) is 10.7. The maximum atomic E-state index is 6.12. The fourth-order valence-electron chi connectivity index (χ4n) is 5.27. The maximum Gasteiger partial charge on any atom is 0.0737 e. The number of piperidine rings is 1. The van der Waals surface area contributed by atoms with E-state index in [4.69, 9.17) is 11.6 Å². The molecular weight excluding hydrogens is 470 g/mol. The van der Waals surface area contributed by atoms with Crippen LogP contribution in [0.1, 0.15) is 30.4 Å². The Labute approximate surface area is 216 Å². The van der Waals surface area contributed by atoms with Crippen LogP contribution < -0.4 is 5.32 Å². The quantitative estimate of drug-likeness (QED) is 0.251. The van der Waals surface area contributed by atoms with Gasteiger partial charge in [0.1, 0.15) is 0 Å². The molecule has 2 aliphatic heterocycles. The normalized spacial score (nSPS) is 15.7. The van der Waals surface area contributed by atoms with Crippen molar-refractivity contribution < 1.29 is 0 Å². The standard InChI is InChI=1S/C30H28ClN3S/c31-22-10-11-23-26(12-16-33-27(23)20-22)32-15-5-17-34-18-13-21(14-19-34)30-24-6-1-3-8-28(24)35-29-9-4-2-7-25(29)30/h1-4,6-12,16,20H,5,13-15,17-19H2,(H,32,33). The largest absolute Gasteiger partial charge is 0.384 e. The van der Waals surface area contributed by atoms with Gasteiger partial charge in [-0.25, -0.2) is 0 Å². The molecule has 0 aliphatic carbocycles. The molecular formula is C30H28ClN3S. The van der Waals surface area contributed by atoms with Crippen LogP contribution in [0.5, 0.6) is 0 Å². The van der Waals surface area contributed by atoms with Crippen molar-refractivity contribution in [2.24, 2.45) is 0 Å². The predicted octanol–water partition coefficient (Wildman–Crippen LogP) is 7.75. The lowest BCUT2D eigenvalue weighted by molar-refractivity contribution is 0.256. The highest BCUT2D eigenvalue weighted by Crippen LogP contribution is 2.47. The van der Waals surface area contributed by atoms with E-state index in [1.807, 2.05) is 42.2 Å². The van der Waals surface area contributed by atoms with Crippen molar-refractivity contribution in [2.75, 3.05) is 31.5 Å². The van der Waals surface area contributed by atoms with Crippen LogP contribution in [-0.2, 0) is 0 Å². The van der Waals surface area contributed by atoms with Gasteiger partial charge in [0, 0.05) is 51.7 Å². The van der Waals surface area contributed by atoms with Crippen molar-refractivity contribution >= 4 is 45.5 Å². The molecule has 0 spiro atoms. The zero-order valence-corrected chi connectivity index (χ0v) is 21.2. The van der Waals surface area contributed by atoms with Gasteiger partial charge >= 0.3 is 0 Å². The molecule has 0 amide bonds. The monoisotopic (exact) mass is 497 g/mol. The lowest BCUT2D eigenvalue weighted by Crippen LogP contribution is -2.32. The van der Waals surface area contributed by atoms with E-state index in [9.17, 15) is 0 Å². The summed E-state index contributed by atoms with van der Waals surface area (Å²) in [7, 11) is 0. The molecule has 1 N–H and O–H groups in total. The molecule has 4 aromatic rings. The van der Waals surface area contributed by atoms with Crippen LogP contribution >= 0.6 is 23.4 Å². The Morgan fingerprint density at radius 3 is 2.34 bits per heavy atom. The highest BCUT2D eigenvalue weighted by atomic mass is 35.5. The van der Waals surface area contributed by atoms with Crippen molar-refractivity contribution in [1.29, 1.82) is 0 Å². The van der Waals surface area contributed by atoms with Gasteiger partial charge in [-0.2, -0.15) is 0 Å². The van der Waals surface area contributed by atoms with Crippen LogP contribution in [0.4, 0.5) is 5.69 Å². The van der Waals surface area contributed by atoms with Crippen molar-refractivity contribution in [1.82, 2.24) is 9.88 Å². The fraction of sp³-hybridized carbons (Fsp3) is 0.233. The summed E-state index contributed by atoms with van der Waals surface area (Å²) in [5, 5.41) is 5.45. The Kier molecular flexibility index (Phi) is 6.51. The molecule has 3 nitrogen and oxygen atoms in total. The summed E-state index contributed by atoms with van der Waals surface area (Å²) in [4.78, 5) is 9.82. The van der Waals surface area contributed by atoms with Crippen molar-refractivity contribution in [3.63, 3.8) is 0 Å². The fourth-order valence-corrected chi connectivity index (χ4v) is 6.52. The van der Waals surface area contributed by atoms with Gasteiger partial charge in [-0.3, -0.25) is 4.98 Å². The molecule has 2 aliphatic rings. The average Bonchev–Trinajstić information content (AvgIpc) is 2.90. The summed E-state index contributed by atoms with van der Waals surface area (Å²) in [6.07, 6.45) is 5.25. The third-order valence-electron chi connectivity index (χ3n) is 7.02. The summed E-state index contributed by atoms with van der Waals surface area (Å²) in [5.74, 6) is 0. The summed E-state index contributed by atoms with van der Waals surface area (Å²) in [6.45, 7) is 4.33. The van der Waals surface area contributed by atoms with Gasteiger partial charge in [-0.05, 0) is 78.9 Å². The first-order chi connectivity index (χ1) is 17.3. The first-order valence-corrected chi connectivity index (χ1v) is 13.5. The molecule has 6 rings (SSSR count). The van der Waals surface area contributed by atoms with Crippen LogP contribution in [0.3, 0.4) is 0 Å². The van der Waals surface area contributed by atoms with E-state index in [1.54, 1.807) is 5.57 Å². The molecule has 0 bridgehead atoms. The Balaban J connectivity index is 1.09. The van der Waals surface area contributed by atoms with E-state index in [2.05, 4.69) is 63.7 Å². The van der Waals surface area contributed by atoms with Crippen molar-refractivity contribution in [3.8, 4) is 0 Å². The maximum absolute atomic E-state index is 6.12. The number of nitrogens with one attached hydrogen (secondary N) is 1. The number of hydrogen-bond acceptors (Lipinski definition) is 4. The second kappa shape index (κ2) is 10.1. The highest BCUT2D eigenvalue weighted by molar-refractivity contribution is 7.99. The highest BCUT2D eigenvalue weighted by Gasteiger charge is 2.25. The smallest absolute Gasteiger partial charge is 0.0737 e. The number of hydrogen-bond donors (Lipinski definition) is 1. The van der Waals surface area contributed by atoms with E-state index >= 15 is 0 Å². The predicted molar refractivity (Wildman–Crippen MR) is 149 cm³/mol. The third kappa shape index (κ3) is 4.71.